The summed E-state index contributed by atoms with van der Waals surface area (Å²) in [6.07, 6.45) is 0. The molecule has 2 nitrogen and oxygen atoms in total. The van der Waals surface area contributed by atoms with Gasteiger partial charge in [0.25, 0.3) is 0 Å². The van der Waals surface area contributed by atoms with Crippen molar-refractivity contribution >= 4 is 22.7 Å². The Morgan fingerprint density at radius 3 is 1.14 bits per heavy atom. The molecule has 4 rings (SSSR count). The van der Waals surface area contributed by atoms with Crippen LogP contribution in [0.2, 0.25) is 0 Å². The fourth-order valence-electron chi connectivity index (χ4n) is 3.76. The normalized spacial score (nSPS) is 11.6. The van der Waals surface area contributed by atoms with Gasteiger partial charge in [0, 0.05) is 35.3 Å². The lowest BCUT2D eigenvalue weighted by atomic mass is 10.1. The van der Waals surface area contributed by atoms with Crippen molar-refractivity contribution in [3.8, 4) is 0 Å². The van der Waals surface area contributed by atoms with Crippen molar-refractivity contribution in [2.24, 2.45) is 0 Å². The van der Waals surface area contributed by atoms with Gasteiger partial charge in [-0.25, -0.2) is 0 Å². The minimum atomic E-state index is 0.250. The molecule has 4 aromatic carbocycles. The van der Waals surface area contributed by atoms with Crippen LogP contribution in [0.5, 0.6) is 0 Å². The molecular weight excluding hydrogens is 352 g/mol. The fraction of sp³-hybridized carbons (Fsp3) is 0.111. The molecule has 0 N–H and O–H groups in total. The molecule has 0 aliphatic heterocycles. The number of hydrogen-bond acceptors (Lipinski definition) is 2. The Bertz CT molecular complexity index is 907. The first kappa shape index (κ1) is 18.8. The molecule has 0 amide bonds. The third kappa shape index (κ3) is 4.49. The maximum absolute atomic E-state index is 2.42. The molecule has 0 aromatic heterocycles. The number of hydrogen-bond donors (Lipinski definition) is 0. The molecule has 1 atom stereocenters. The molecule has 2 heteroatoms. The van der Waals surface area contributed by atoms with E-state index in [2.05, 4.69) is 138 Å². The van der Waals surface area contributed by atoms with Crippen LogP contribution in [0.15, 0.2) is 121 Å². The van der Waals surface area contributed by atoms with Crippen LogP contribution in [0.3, 0.4) is 0 Å². The van der Waals surface area contributed by atoms with E-state index in [0.717, 1.165) is 6.54 Å². The van der Waals surface area contributed by atoms with Gasteiger partial charge < -0.3 is 9.80 Å². The van der Waals surface area contributed by atoms with E-state index in [1.54, 1.807) is 0 Å². The molecule has 0 fully saturated rings. The Morgan fingerprint density at radius 1 is 0.483 bits per heavy atom. The largest absolute Gasteiger partial charge is 0.339 e. The van der Waals surface area contributed by atoms with E-state index < -0.39 is 0 Å². The molecule has 0 radical (unpaired) electrons. The van der Waals surface area contributed by atoms with Crippen LogP contribution in [0, 0.1) is 0 Å². The molecule has 4 aromatic rings. The standard InChI is InChI=1S/C27H26N2/c1-23(29(26-18-10-4-11-19-26)27-20-12-5-13-21-27)22-28(24-14-6-2-7-15-24)25-16-8-3-9-17-25/h2-21,23H,22H2,1H3. The summed E-state index contributed by atoms with van der Waals surface area (Å²) < 4.78 is 0. The molecule has 0 spiro atoms. The first-order valence-corrected chi connectivity index (χ1v) is 10.1. The number of benzene rings is 4. The topological polar surface area (TPSA) is 6.48 Å². The highest BCUT2D eigenvalue weighted by atomic mass is 15.2. The summed E-state index contributed by atoms with van der Waals surface area (Å²) in [5, 5.41) is 0. The summed E-state index contributed by atoms with van der Waals surface area (Å²) in [5.74, 6) is 0. The van der Waals surface area contributed by atoms with Crippen LogP contribution < -0.4 is 9.80 Å². The van der Waals surface area contributed by atoms with Crippen LogP contribution in [0.4, 0.5) is 22.7 Å². The van der Waals surface area contributed by atoms with Gasteiger partial charge in [-0.05, 0) is 55.5 Å². The summed E-state index contributed by atoms with van der Waals surface area (Å²) >= 11 is 0. The van der Waals surface area contributed by atoms with Crippen LogP contribution in [-0.4, -0.2) is 12.6 Å². The second kappa shape index (κ2) is 9.11. The molecule has 0 aliphatic carbocycles. The summed E-state index contributed by atoms with van der Waals surface area (Å²) in [5.41, 5.74) is 4.80. The minimum absolute atomic E-state index is 0.250. The number of rotatable bonds is 7. The van der Waals surface area contributed by atoms with Crippen molar-refractivity contribution in [3.63, 3.8) is 0 Å². The molecule has 0 saturated heterocycles. The molecule has 0 aliphatic rings. The van der Waals surface area contributed by atoms with Gasteiger partial charge in [-0.3, -0.25) is 0 Å². The summed E-state index contributed by atoms with van der Waals surface area (Å²) in [7, 11) is 0. The van der Waals surface area contributed by atoms with Gasteiger partial charge in [0.15, 0.2) is 0 Å². The molecule has 1 unspecified atom stereocenters. The van der Waals surface area contributed by atoms with Gasteiger partial charge >= 0.3 is 0 Å². The lowest BCUT2D eigenvalue weighted by molar-refractivity contribution is 0.707. The van der Waals surface area contributed by atoms with Crippen LogP contribution in [0.25, 0.3) is 0 Å². The molecule has 0 heterocycles. The van der Waals surface area contributed by atoms with E-state index in [-0.39, 0.29) is 6.04 Å². The Hall–Kier alpha value is -3.52. The Labute approximate surface area is 173 Å². The summed E-state index contributed by atoms with van der Waals surface area (Å²) in [6.45, 7) is 3.15. The van der Waals surface area contributed by atoms with Gasteiger partial charge in [-0.2, -0.15) is 0 Å². The Morgan fingerprint density at radius 2 is 0.793 bits per heavy atom. The average molecular weight is 379 g/mol. The smallest absolute Gasteiger partial charge is 0.0493 e. The van der Waals surface area contributed by atoms with Gasteiger partial charge in [0.2, 0.25) is 0 Å². The number of nitrogens with zero attached hydrogens (tertiary/aromatic N) is 2. The van der Waals surface area contributed by atoms with Gasteiger partial charge in [-0.15, -0.1) is 0 Å². The molecular formula is C27H26N2. The minimum Gasteiger partial charge on any atom is -0.339 e. The zero-order valence-corrected chi connectivity index (χ0v) is 16.7. The van der Waals surface area contributed by atoms with Crippen LogP contribution in [-0.2, 0) is 0 Å². The van der Waals surface area contributed by atoms with E-state index in [1.807, 2.05) is 0 Å². The van der Waals surface area contributed by atoms with Crippen molar-refractivity contribution in [1.82, 2.24) is 0 Å². The maximum Gasteiger partial charge on any atom is 0.0493 e. The highest BCUT2D eigenvalue weighted by Crippen LogP contribution is 2.31. The third-order valence-corrected chi connectivity index (χ3v) is 5.09. The molecule has 0 bridgehead atoms. The van der Waals surface area contributed by atoms with E-state index in [9.17, 15) is 0 Å². The summed E-state index contributed by atoms with van der Waals surface area (Å²) in [6, 6.07) is 42.7. The zero-order valence-electron chi connectivity index (χ0n) is 16.7. The van der Waals surface area contributed by atoms with Crippen molar-refractivity contribution < 1.29 is 0 Å². The van der Waals surface area contributed by atoms with Gasteiger partial charge in [0.05, 0.1) is 0 Å². The number of anilines is 4. The lowest BCUT2D eigenvalue weighted by Gasteiger charge is -2.36. The first-order valence-electron chi connectivity index (χ1n) is 10.1. The van der Waals surface area contributed by atoms with Crippen LogP contribution in [0.1, 0.15) is 6.92 Å². The predicted octanol–water partition coefficient (Wildman–Crippen LogP) is 7.05. The molecule has 0 saturated carbocycles. The first-order chi connectivity index (χ1) is 14.3. The van der Waals surface area contributed by atoms with E-state index >= 15 is 0 Å². The summed E-state index contributed by atoms with van der Waals surface area (Å²) in [4.78, 5) is 4.81. The third-order valence-electron chi connectivity index (χ3n) is 5.09. The van der Waals surface area contributed by atoms with Gasteiger partial charge in [-0.1, -0.05) is 72.8 Å². The van der Waals surface area contributed by atoms with Crippen molar-refractivity contribution in [3.05, 3.63) is 121 Å². The van der Waals surface area contributed by atoms with E-state index in [0.29, 0.717) is 0 Å². The highest BCUT2D eigenvalue weighted by molar-refractivity contribution is 5.67. The highest BCUT2D eigenvalue weighted by Gasteiger charge is 2.20. The van der Waals surface area contributed by atoms with Gasteiger partial charge in [0.1, 0.15) is 0 Å². The maximum atomic E-state index is 2.42. The molecule has 29 heavy (non-hydrogen) atoms. The lowest BCUT2D eigenvalue weighted by Crippen LogP contribution is -2.38. The second-order valence-corrected chi connectivity index (χ2v) is 7.17. The van der Waals surface area contributed by atoms with Crippen molar-refractivity contribution in [1.29, 1.82) is 0 Å². The second-order valence-electron chi connectivity index (χ2n) is 7.17. The van der Waals surface area contributed by atoms with Crippen molar-refractivity contribution in [2.45, 2.75) is 13.0 Å². The predicted molar refractivity (Wildman–Crippen MR) is 124 cm³/mol. The monoisotopic (exact) mass is 378 g/mol. The number of para-hydroxylation sites is 4. The molecule has 144 valence electrons. The fourth-order valence-corrected chi connectivity index (χ4v) is 3.76. The zero-order chi connectivity index (χ0) is 19.9. The van der Waals surface area contributed by atoms with E-state index in [1.165, 1.54) is 22.7 Å². The quantitative estimate of drug-likeness (QED) is 0.340. The Balaban J connectivity index is 1.70. The van der Waals surface area contributed by atoms with Crippen LogP contribution >= 0.6 is 0 Å². The average Bonchev–Trinajstić information content (AvgIpc) is 2.80. The van der Waals surface area contributed by atoms with E-state index in [4.69, 9.17) is 0 Å². The van der Waals surface area contributed by atoms with Crippen molar-refractivity contribution in [2.75, 3.05) is 16.3 Å². The Kier molecular flexibility index (Phi) is 5.92. The SMILES string of the molecule is CC(CN(c1ccccc1)c1ccccc1)N(c1ccccc1)c1ccccc1.